The van der Waals surface area contributed by atoms with Gasteiger partial charge in [-0.2, -0.15) is 0 Å². The van der Waals surface area contributed by atoms with Crippen LogP contribution in [0.5, 0.6) is 11.5 Å². The zero-order valence-corrected chi connectivity index (χ0v) is 17.4. The van der Waals surface area contributed by atoms with Gasteiger partial charge in [-0.15, -0.1) is 0 Å². The molecule has 2 aliphatic heterocycles. The molecule has 0 bridgehead atoms. The lowest BCUT2D eigenvalue weighted by atomic mass is 10.0. The highest BCUT2D eigenvalue weighted by atomic mass is 16.5. The van der Waals surface area contributed by atoms with Gasteiger partial charge in [-0.3, -0.25) is 9.69 Å². The Bertz CT molecular complexity index is 631. The Morgan fingerprint density at radius 3 is 2.68 bits per heavy atom. The zero-order chi connectivity index (χ0) is 19.8. The first kappa shape index (κ1) is 20.9. The summed E-state index contributed by atoms with van der Waals surface area (Å²) >= 11 is 0. The lowest BCUT2D eigenvalue weighted by Gasteiger charge is -2.32. The van der Waals surface area contributed by atoms with Crippen molar-refractivity contribution in [2.75, 3.05) is 46.4 Å². The summed E-state index contributed by atoms with van der Waals surface area (Å²) in [6.07, 6.45) is 5.87. The molecule has 1 amide bonds. The average molecular weight is 390 g/mol. The molecule has 1 unspecified atom stereocenters. The van der Waals surface area contributed by atoms with Crippen molar-refractivity contribution < 1.29 is 14.3 Å². The summed E-state index contributed by atoms with van der Waals surface area (Å²) in [5.41, 5.74) is 1.22. The third kappa shape index (κ3) is 5.85. The largest absolute Gasteiger partial charge is 0.490 e. The van der Waals surface area contributed by atoms with Crippen molar-refractivity contribution in [3.8, 4) is 11.5 Å². The predicted molar refractivity (Wildman–Crippen MR) is 111 cm³/mol. The van der Waals surface area contributed by atoms with Crippen LogP contribution in [0, 0.1) is 0 Å². The number of likely N-dealkylation sites (tertiary alicyclic amines) is 2. The Balaban J connectivity index is 1.59. The number of piperidine rings is 2. The molecule has 2 fully saturated rings. The van der Waals surface area contributed by atoms with Gasteiger partial charge in [-0.1, -0.05) is 6.07 Å². The van der Waals surface area contributed by atoms with Crippen molar-refractivity contribution in [3.05, 3.63) is 23.8 Å². The van der Waals surface area contributed by atoms with Gasteiger partial charge in [-0.25, -0.2) is 0 Å². The summed E-state index contributed by atoms with van der Waals surface area (Å²) in [6, 6.07) is 6.67. The van der Waals surface area contributed by atoms with Gasteiger partial charge in [0.25, 0.3) is 5.91 Å². The molecular formula is C22H35N3O3. The fourth-order valence-corrected chi connectivity index (χ4v) is 4.11. The van der Waals surface area contributed by atoms with E-state index in [1.165, 1.54) is 24.8 Å². The van der Waals surface area contributed by atoms with Crippen LogP contribution in [0.25, 0.3) is 0 Å². The molecule has 156 valence electrons. The minimum atomic E-state index is 0.0673. The topological polar surface area (TPSA) is 54.0 Å². The summed E-state index contributed by atoms with van der Waals surface area (Å²) in [6.45, 7) is 7.43. The van der Waals surface area contributed by atoms with E-state index in [1.54, 1.807) is 0 Å². The quantitative estimate of drug-likeness (QED) is 0.741. The standard InChI is InChI=1S/C22H35N3O3/c1-3-27-21-14-18(15-24-11-7-8-19(16-24)23-2)9-10-20(21)28-17-22(26)25-12-5-4-6-13-25/h9-10,14,19,23H,3-8,11-13,15-17H2,1-2H3. The first-order valence-corrected chi connectivity index (χ1v) is 10.8. The zero-order valence-electron chi connectivity index (χ0n) is 17.4. The molecule has 6 heteroatoms. The molecular weight excluding hydrogens is 354 g/mol. The second-order valence-corrected chi connectivity index (χ2v) is 7.81. The summed E-state index contributed by atoms with van der Waals surface area (Å²) in [5, 5.41) is 3.39. The molecule has 0 aromatic heterocycles. The summed E-state index contributed by atoms with van der Waals surface area (Å²) in [4.78, 5) is 16.8. The Kier molecular flexibility index (Phi) is 7.98. The van der Waals surface area contributed by atoms with Crippen LogP contribution in [-0.4, -0.2) is 68.2 Å². The van der Waals surface area contributed by atoms with E-state index < -0.39 is 0 Å². The number of likely N-dealkylation sites (N-methyl/N-ethyl adjacent to an activating group) is 1. The number of ether oxygens (including phenoxy) is 2. The SMILES string of the molecule is CCOc1cc(CN2CCCC(NC)C2)ccc1OCC(=O)N1CCCCC1. The van der Waals surface area contributed by atoms with Crippen molar-refractivity contribution in [1.82, 2.24) is 15.1 Å². The summed E-state index contributed by atoms with van der Waals surface area (Å²) < 4.78 is 11.7. The number of carbonyl (C=O) groups is 1. The van der Waals surface area contributed by atoms with Crippen LogP contribution in [0.4, 0.5) is 0 Å². The smallest absolute Gasteiger partial charge is 0.260 e. The second-order valence-electron chi connectivity index (χ2n) is 7.81. The Hall–Kier alpha value is -1.79. The average Bonchev–Trinajstić information content (AvgIpc) is 2.74. The van der Waals surface area contributed by atoms with Crippen molar-refractivity contribution in [2.24, 2.45) is 0 Å². The van der Waals surface area contributed by atoms with E-state index >= 15 is 0 Å². The monoisotopic (exact) mass is 389 g/mol. The number of nitrogens with one attached hydrogen (secondary N) is 1. The van der Waals surface area contributed by atoms with E-state index in [0.717, 1.165) is 51.3 Å². The van der Waals surface area contributed by atoms with Gasteiger partial charge in [0.1, 0.15) is 0 Å². The third-order valence-corrected chi connectivity index (χ3v) is 5.69. The molecule has 0 radical (unpaired) electrons. The van der Waals surface area contributed by atoms with Gasteiger partial charge in [0.2, 0.25) is 0 Å². The normalized spacial score (nSPS) is 20.8. The van der Waals surface area contributed by atoms with Gasteiger partial charge in [0.15, 0.2) is 18.1 Å². The maximum absolute atomic E-state index is 12.4. The van der Waals surface area contributed by atoms with Crippen molar-refractivity contribution >= 4 is 5.91 Å². The van der Waals surface area contributed by atoms with Crippen LogP contribution < -0.4 is 14.8 Å². The molecule has 28 heavy (non-hydrogen) atoms. The maximum Gasteiger partial charge on any atom is 0.260 e. The van der Waals surface area contributed by atoms with Crippen LogP contribution in [0.2, 0.25) is 0 Å². The van der Waals surface area contributed by atoms with Gasteiger partial charge >= 0.3 is 0 Å². The minimum Gasteiger partial charge on any atom is -0.490 e. The fraction of sp³-hybridized carbons (Fsp3) is 0.682. The molecule has 1 aromatic rings. The fourth-order valence-electron chi connectivity index (χ4n) is 4.11. The Morgan fingerprint density at radius 1 is 1.11 bits per heavy atom. The van der Waals surface area contributed by atoms with E-state index in [0.29, 0.717) is 18.4 Å². The number of hydrogen-bond acceptors (Lipinski definition) is 5. The Morgan fingerprint density at radius 2 is 1.93 bits per heavy atom. The van der Waals surface area contributed by atoms with E-state index in [4.69, 9.17) is 9.47 Å². The van der Waals surface area contributed by atoms with Gasteiger partial charge in [-0.05, 0) is 70.3 Å². The number of hydrogen-bond donors (Lipinski definition) is 1. The molecule has 1 N–H and O–H groups in total. The molecule has 0 aliphatic carbocycles. The first-order chi connectivity index (χ1) is 13.7. The van der Waals surface area contributed by atoms with Crippen molar-refractivity contribution in [2.45, 2.75) is 51.6 Å². The molecule has 2 aliphatic rings. The lowest BCUT2D eigenvalue weighted by molar-refractivity contribution is -0.134. The molecule has 1 atom stereocenters. The van der Waals surface area contributed by atoms with Crippen molar-refractivity contribution in [3.63, 3.8) is 0 Å². The van der Waals surface area contributed by atoms with Crippen LogP contribution in [0.15, 0.2) is 18.2 Å². The Labute approximate surface area is 169 Å². The number of rotatable bonds is 8. The van der Waals surface area contributed by atoms with E-state index in [9.17, 15) is 4.79 Å². The molecule has 3 rings (SSSR count). The molecule has 6 nitrogen and oxygen atoms in total. The van der Waals surface area contributed by atoms with E-state index in [1.807, 2.05) is 24.9 Å². The van der Waals surface area contributed by atoms with Gasteiger partial charge in [0, 0.05) is 32.2 Å². The molecule has 2 heterocycles. The van der Waals surface area contributed by atoms with Gasteiger partial charge < -0.3 is 19.7 Å². The second kappa shape index (κ2) is 10.7. The summed E-state index contributed by atoms with van der Waals surface area (Å²) in [5.74, 6) is 1.45. The van der Waals surface area contributed by atoms with E-state index in [2.05, 4.69) is 22.3 Å². The molecule has 1 aromatic carbocycles. The number of carbonyl (C=O) groups excluding carboxylic acids is 1. The highest BCUT2D eigenvalue weighted by Gasteiger charge is 2.20. The van der Waals surface area contributed by atoms with Crippen LogP contribution in [0.1, 0.15) is 44.6 Å². The first-order valence-electron chi connectivity index (χ1n) is 10.8. The highest BCUT2D eigenvalue weighted by Crippen LogP contribution is 2.29. The maximum atomic E-state index is 12.4. The summed E-state index contributed by atoms with van der Waals surface area (Å²) in [7, 11) is 2.04. The third-order valence-electron chi connectivity index (χ3n) is 5.69. The number of nitrogens with zero attached hydrogens (tertiary/aromatic N) is 2. The minimum absolute atomic E-state index is 0.0673. The lowest BCUT2D eigenvalue weighted by Crippen LogP contribution is -2.43. The van der Waals surface area contributed by atoms with Crippen LogP contribution in [0.3, 0.4) is 0 Å². The molecule has 0 spiro atoms. The highest BCUT2D eigenvalue weighted by molar-refractivity contribution is 5.78. The van der Waals surface area contributed by atoms with E-state index in [-0.39, 0.29) is 12.5 Å². The molecule has 0 saturated carbocycles. The van der Waals surface area contributed by atoms with Crippen LogP contribution in [-0.2, 0) is 11.3 Å². The van der Waals surface area contributed by atoms with Crippen LogP contribution >= 0.6 is 0 Å². The number of amides is 1. The number of benzene rings is 1. The van der Waals surface area contributed by atoms with Crippen molar-refractivity contribution in [1.29, 1.82) is 0 Å². The van der Waals surface area contributed by atoms with Gasteiger partial charge in [0.05, 0.1) is 6.61 Å². The molecule has 2 saturated heterocycles. The predicted octanol–water partition coefficient (Wildman–Crippen LogP) is 2.66.